The molecule has 2 heterocycles. The van der Waals surface area contributed by atoms with E-state index in [0.29, 0.717) is 6.61 Å². The van der Waals surface area contributed by atoms with Crippen LogP contribution in [0.2, 0.25) is 0 Å². The lowest BCUT2D eigenvalue weighted by atomic mass is 9.96. The van der Waals surface area contributed by atoms with Gasteiger partial charge in [0, 0.05) is 6.54 Å². The Morgan fingerprint density at radius 1 is 1.24 bits per heavy atom. The molecule has 136 valence electrons. The minimum Gasteiger partial charge on any atom is -0.488 e. The highest BCUT2D eigenvalue weighted by Crippen LogP contribution is 2.36. The van der Waals surface area contributed by atoms with Crippen LogP contribution < -0.4 is 4.74 Å². The van der Waals surface area contributed by atoms with E-state index in [0.717, 1.165) is 66.6 Å². The smallest absolute Gasteiger partial charge is 0.125 e. The van der Waals surface area contributed by atoms with E-state index < -0.39 is 5.60 Å². The van der Waals surface area contributed by atoms with E-state index in [1.807, 2.05) is 37.3 Å². The molecule has 3 rings (SSSR count). The third kappa shape index (κ3) is 4.60. The molecule has 1 N–H and O–H groups in total. The van der Waals surface area contributed by atoms with Crippen LogP contribution in [-0.2, 0) is 12.2 Å². The Morgan fingerprint density at radius 3 is 2.80 bits per heavy atom. The van der Waals surface area contributed by atoms with E-state index >= 15 is 0 Å². The summed E-state index contributed by atoms with van der Waals surface area (Å²) in [6, 6.07) is 9.83. The zero-order chi connectivity index (χ0) is 17.7. The number of benzene rings is 1. The van der Waals surface area contributed by atoms with E-state index in [1.54, 1.807) is 11.3 Å². The fourth-order valence-corrected chi connectivity index (χ4v) is 4.48. The summed E-state index contributed by atoms with van der Waals surface area (Å²) in [5, 5.41) is 12.1. The lowest BCUT2D eigenvalue weighted by Gasteiger charge is -2.24. The number of nitrogens with zero attached hydrogens (tertiary/aromatic N) is 2. The molecule has 2 aromatic rings. The number of hydrogen-bond acceptors (Lipinski definition) is 5. The molecule has 0 aliphatic carbocycles. The van der Waals surface area contributed by atoms with Crippen molar-refractivity contribution in [1.29, 1.82) is 0 Å². The van der Waals surface area contributed by atoms with Gasteiger partial charge in [-0.3, -0.25) is 0 Å². The van der Waals surface area contributed by atoms with Gasteiger partial charge < -0.3 is 14.7 Å². The average Bonchev–Trinajstić information content (AvgIpc) is 2.89. The number of ether oxygens (including phenoxy) is 1. The maximum Gasteiger partial charge on any atom is 0.125 e. The van der Waals surface area contributed by atoms with Crippen LogP contribution in [-0.4, -0.2) is 34.6 Å². The first kappa shape index (κ1) is 18.4. The van der Waals surface area contributed by atoms with Crippen molar-refractivity contribution in [2.24, 2.45) is 0 Å². The molecule has 1 saturated heterocycles. The summed E-state index contributed by atoms with van der Waals surface area (Å²) in [6.07, 6.45) is 3.73. The Morgan fingerprint density at radius 2 is 2.04 bits per heavy atom. The van der Waals surface area contributed by atoms with Crippen molar-refractivity contribution in [3.05, 3.63) is 45.9 Å². The van der Waals surface area contributed by atoms with Crippen LogP contribution in [0.15, 0.2) is 30.3 Å². The number of aryl methyl sites for hydroxylation is 1. The van der Waals surface area contributed by atoms with Gasteiger partial charge in [-0.1, -0.05) is 25.1 Å². The molecule has 1 aliphatic rings. The maximum absolute atomic E-state index is 11.2. The van der Waals surface area contributed by atoms with Crippen molar-refractivity contribution < 1.29 is 9.84 Å². The van der Waals surface area contributed by atoms with E-state index in [-0.39, 0.29) is 0 Å². The summed E-state index contributed by atoms with van der Waals surface area (Å²) in [6.45, 7) is 7.85. The number of aliphatic hydroxyl groups is 1. The maximum atomic E-state index is 11.2. The fourth-order valence-electron chi connectivity index (χ4n) is 3.36. The highest BCUT2D eigenvalue weighted by molar-refractivity contribution is 7.11. The number of aromatic nitrogens is 1. The fraction of sp³-hybridized carbons (Fsp3) is 0.550. The molecule has 0 saturated carbocycles. The predicted octanol–water partition coefficient (Wildman–Crippen LogP) is 4.11. The molecule has 1 fully saturated rings. The van der Waals surface area contributed by atoms with Gasteiger partial charge in [0.15, 0.2) is 0 Å². The number of para-hydroxylation sites is 1. The number of thiazole rings is 1. The number of likely N-dealkylation sites (tertiary alicyclic amines) is 1. The van der Waals surface area contributed by atoms with Gasteiger partial charge in [0.25, 0.3) is 0 Å². The van der Waals surface area contributed by atoms with Gasteiger partial charge in [-0.05, 0) is 57.8 Å². The molecule has 1 atom stereocenters. The Bertz CT molecular complexity index is 674. The molecule has 0 spiro atoms. The van der Waals surface area contributed by atoms with Crippen molar-refractivity contribution in [3.8, 4) is 5.75 Å². The largest absolute Gasteiger partial charge is 0.488 e. The van der Waals surface area contributed by atoms with E-state index in [4.69, 9.17) is 9.72 Å². The molecule has 1 aliphatic heterocycles. The molecule has 1 unspecified atom stereocenters. The van der Waals surface area contributed by atoms with Gasteiger partial charge in [-0.2, -0.15) is 0 Å². The van der Waals surface area contributed by atoms with Crippen LogP contribution in [0.3, 0.4) is 0 Å². The SMILES string of the molecule is CCCN1CCCC(O)(c2nc(C)c(COc3ccccc3)s2)CC1. The van der Waals surface area contributed by atoms with Crippen molar-refractivity contribution in [2.75, 3.05) is 19.6 Å². The van der Waals surface area contributed by atoms with Gasteiger partial charge in [-0.25, -0.2) is 4.98 Å². The monoisotopic (exact) mass is 360 g/mol. The van der Waals surface area contributed by atoms with Crippen molar-refractivity contribution in [2.45, 2.75) is 51.7 Å². The summed E-state index contributed by atoms with van der Waals surface area (Å²) in [5.74, 6) is 0.861. The predicted molar refractivity (Wildman–Crippen MR) is 102 cm³/mol. The Labute approximate surface area is 154 Å². The third-order valence-electron chi connectivity index (χ3n) is 4.85. The highest BCUT2D eigenvalue weighted by Gasteiger charge is 2.35. The zero-order valence-corrected chi connectivity index (χ0v) is 16.0. The molecule has 1 aromatic heterocycles. The number of hydrogen-bond donors (Lipinski definition) is 1. The second-order valence-corrected chi connectivity index (χ2v) is 7.94. The molecule has 0 radical (unpaired) electrons. The molecular formula is C20H28N2O2S. The first-order chi connectivity index (χ1) is 12.1. The molecule has 0 bridgehead atoms. The quantitative estimate of drug-likeness (QED) is 0.842. The zero-order valence-electron chi connectivity index (χ0n) is 15.2. The standard InChI is InChI=1S/C20H28N2O2S/c1-3-12-22-13-7-10-20(23,11-14-22)19-21-16(2)18(25-19)15-24-17-8-5-4-6-9-17/h4-6,8-9,23H,3,7,10-15H2,1-2H3. The van der Waals surface area contributed by atoms with Crippen LogP contribution in [0, 0.1) is 6.92 Å². The van der Waals surface area contributed by atoms with E-state index in [2.05, 4.69) is 11.8 Å². The second-order valence-electron chi connectivity index (χ2n) is 6.86. The molecule has 25 heavy (non-hydrogen) atoms. The summed E-state index contributed by atoms with van der Waals surface area (Å²) in [4.78, 5) is 8.26. The normalized spacial score (nSPS) is 21.9. The summed E-state index contributed by atoms with van der Waals surface area (Å²) < 4.78 is 5.86. The summed E-state index contributed by atoms with van der Waals surface area (Å²) in [7, 11) is 0. The highest BCUT2D eigenvalue weighted by atomic mass is 32.1. The van der Waals surface area contributed by atoms with Gasteiger partial charge in [0.1, 0.15) is 23.0 Å². The van der Waals surface area contributed by atoms with Gasteiger partial charge in [0.05, 0.1) is 10.6 Å². The van der Waals surface area contributed by atoms with Crippen LogP contribution in [0.5, 0.6) is 5.75 Å². The molecule has 4 nitrogen and oxygen atoms in total. The lowest BCUT2D eigenvalue weighted by Crippen LogP contribution is -2.29. The summed E-state index contributed by atoms with van der Waals surface area (Å²) in [5.41, 5.74) is 0.183. The van der Waals surface area contributed by atoms with Gasteiger partial charge in [0.2, 0.25) is 0 Å². The van der Waals surface area contributed by atoms with Crippen LogP contribution in [0.4, 0.5) is 0 Å². The lowest BCUT2D eigenvalue weighted by molar-refractivity contribution is 0.0209. The summed E-state index contributed by atoms with van der Waals surface area (Å²) >= 11 is 1.60. The first-order valence-electron chi connectivity index (χ1n) is 9.20. The minimum absolute atomic E-state index is 0.506. The Balaban J connectivity index is 1.68. The minimum atomic E-state index is -0.789. The van der Waals surface area contributed by atoms with Crippen molar-refractivity contribution >= 4 is 11.3 Å². The first-order valence-corrected chi connectivity index (χ1v) is 10.0. The Kier molecular flexibility index (Phi) is 6.10. The van der Waals surface area contributed by atoms with Crippen LogP contribution in [0.25, 0.3) is 0 Å². The van der Waals surface area contributed by atoms with Crippen molar-refractivity contribution in [1.82, 2.24) is 9.88 Å². The van der Waals surface area contributed by atoms with Crippen LogP contribution >= 0.6 is 11.3 Å². The third-order valence-corrected chi connectivity index (χ3v) is 6.17. The number of rotatable bonds is 6. The van der Waals surface area contributed by atoms with Crippen LogP contribution in [0.1, 0.15) is 48.2 Å². The van der Waals surface area contributed by atoms with Crippen molar-refractivity contribution in [3.63, 3.8) is 0 Å². The van der Waals surface area contributed by atoms with E-state index in [9.17, 15) is 5.11 Å². The molecule has 5 heteroatoms. The molecule has 1 aromatic carbocycles. The second kappa shape index (κ2) is 8.30. The van der Waals surface area contributed by atoms with E-state index in [1.165, 1.54) is 0 Å². The van der Waals surface area contributed by atoms with Gasteiger partial charge >= 0.3 is 0 Å². The molecular weight excluding hydrogens is 332 g/mol. The average molecular weight is 361 g/mol. The Hall–Kier alpha value is -1.43. The van der Waals surface area contributed by atoms with Gasteiger partial charge in [-0.15, -0.1) is 11.3 Å². The topological polar surface area (TPSA) is 45.6 Å². The molecule has 0 amide bonds.